The molecule has 0 atom stereocenters. The smallest absolute Gasteiger partial charge is 2.00 e. The molecule has 0 saturated carbocycles. The summed E-state index contributed by atoms with van der Waals surface area (Å²) in [5, 5.41) is 0. The molecule has 0 rings (SSSR count). The Kier molecular flexibility index (Phi) is 10100. The predicted octanol–water partition coefficient (Wildman–Crippen LogP) is -1.30. The Morgan fingerprint density at radius 1 is 0.714 bits per heavy atom. The van der Waals surface area contributed by atoms with Crippen molar-refractivity contribution < 1.29 is 21.2 Å². The van der Waals surface area contributed by atoms with Crippen molar-refractivity contribution in [3.8, 4) is 0 Å². The van der Waals surface area contributed by atoms with E-state index in [1.165, 1.54) is 0 Å². The molecule has 0 bridgehead atoms. The molecular weight excluding hydrogens is 130 g/mol. The molecule has 0 aliphatic carbocycles. The standard InChI is InChI=1S/CH2O.2Al.3O/c1-2;;;;;/h1H2;;;;;/q;2*+3;3*-2. The molecule has 0 N–H and O–H groups in total. The third-order valence-electron chi connectivity index (χ3n) is 0. The molecule has 0 aromatic heterocycles. The van der Waals surface area contributed by atoms with Crippen LogP contribution in [0.5, 0.6) is 0 Å². The van der Waals surface area contributed by atoms with Crippen LogP contribution in [0, 0.1) is 0 Å². The number of carbonyl (C=O) groups is 1. The van der Waals surface area contributed by atoms with Crippen molar-refractivity contribution in [2.75, 3.05) is 0 Å². The van der Waals surface area contributed by atoms with Crippen molar-refractivity contribution in [1.29, 1.82) is 0 Å². The van der Waals surface area contributed by atoms with Crippen LogP contribution in [0.15, 0.2) is 0 Å². The fourth-order valence-corrected chi connectivity index (χ4v) is 0. The van der Waals surface area contributed by atoms with Crippen LogP contribution in [0.2, 0.25) is 0 Å². The summed E-state index contributed by atoms with van der Waals surface area (Å²) in [4.78, 5) is 8.00. The first-order valence-corrected chi connectivity index (χ1v) is 0.289. The van der Waals surface area contributed by atoms with E-state index in [4.69, 9.17) is 4.79 Å². The number of rotatable bonds is 0. The topological polar surface area (TPSA) is 103 Å². The second-order valence-electron chi connectivity index (χ2n) is 0. The second-order valence-corrected chi connectivity index (χ2v) is 0. The molecule has 4 nitrogen and oxygen atoms in total. The zero-order chi connectivity index (χ0) is 2.00. The first-order chi connectivity index (χ1) is 1.00. The van der Waals surface area contributed by atoms with E-state index in [-0.39, 0.29) is 51.2 Å². The third kappa shape index (κ3) is 373. The maximum atomic E-state index is 8.00. The Bertz CT molecular complexity index is 9.65. The van der Waals surface area contributed by atoms with Crippen LogP contribution >= 0.6 is 0 Å². The van der Waals surface area contributed by atoms with Crippen molar-refractivity contribution in [3.05, 3.63) is 0 Å². The van der Waals surface area contributed by atoms with Gasteiger partial charge in [0.2, 0.25) is 0 Å². The summed E-state index contributed by atoms with van der Waals surface area (Å²) in [5.41, 5.74) is 0. The molecule has 0 spiro atoms. The van der Waals surface area contributed by atoms with E-state index >= 15 is 0 Å². The van der Waals surface area contributed by atoms with Gasteiger partial charge in [-0.15, -0.1) is 0 Å². The van der Waals surface area contributed by atoms with E-state index in [0.717, 1.165) is 0 Å². The predicted molar refractivity (Wildman–Crippen MR) is 20.7 cm³/mol. The van der Waals surface area contributed by atoms with Crippen LogP contribution in [0.1, 0.15) is 0 Å². The minimum absolute atomic E-state index is 0. The average molecular weight is 132 g/mol. The molecule has 0 aromatic rings. The van der Waals surface area contributed by atoms with Gasteiger partial charge >= 0.3 is 34.7 Å². The molecule has 0 saturated heterocycles. The van der Waals surface area contributed by atoms with Crippen LogP contribution in [0.25, 0.3) is 0 Å². The van der Waals surface area contributed by atoms with Gasteiger partial charge in [-0.1, -0.05) is 0 Å². The molecule has 6 heteroatoms. The molecule has 0 aromatic carbocycles. The molecule has 0 aliphatic heterocycles. The van der Waals surface area contributed by atoms with E-state index in [1.807, 2.05) is 6.79 Å². The molecule has 36 valence electrons. The largest absolute Gasteiger partial charge is 3.00 e. The van der Waals surface area contributed by atoms with Gasteiger partial charge in [0.15, 0.2) is 0 Å². The van der Waals surface area contributed by atoms with Gasteiger partial charge in [-0.25, -0.2) is 0 Å². The van der Waals surface area contributed by atoms with E-state index in [9.17, 15) is 0 Å². The second kappa shape index (κ2) is 552. The van der Waals surface area contributed by atoms with Crippen LogP contribution in [0.4, 0.5) is 0 Å². The van der Waals surface area contributed by atoms with Gasteiger partial charge in [0, 0.05) is 0 Å². The van der Waals surface area contributed by atoms with Crippen molar-refractivity contribution >= 4 is 41.5 Å². The zero-order valence-electron chi connectivity index (χ0n) is 3.49. The van der Waals surface area contributed by atoms with Gasteiger partial charge in [0.25, 0.3) is 0 Å². The number of hydrogen-bond acceptors (Lipinski definition) is 1. The molecule has 0 unspecified atom stereocenters. The molecule has 0 amide bonds. The quantitative estimate of drug-likeness (QED) is 0.375. The Hall–Kier alpha value is 0.615. The molecule has 0 heterocycles. The summed E-state index contributed by atoms with van der Waals surface area (Å²) in [5.74, 6) is 0. The minimum Gasteiger partial charge on any atom is -2.00 e. The summed E-state index contributed by atoms with van der Waals surface area (Å²) in [7, 11) is 0. The van der Waals surface area contributed by atoms with Crippen LogP contribution < -0.4 is 0 Å². The molecule has 0 radical (unpaired) electrons. The van der Waals surface area contributed by atoms with Crippen LogP contribution in [0.3, 0.4) is 0 Å². The van der Waals surface area contributed by atoms with Gasteiger partial charge in [0.05, 0.1) is 0 Å². The first kappa shape index (κ1) is 128. The Morgan fingerprint density at radius 3 is 0.714 bits per heavy atom. The van der Waals surface area contributed by atoms with Crippen molar-refractivity contribution in [3.63, 3.8) is 0 Å². The van der Waals surface area contributed by atoms with E-state index in [0.29, 0.717) is 0 Å². The molecule has 0 aliphatic rings. The summed E-state index contributed by atoms with van der Waals surface area (Å²) in [6.45, 7) is 2.00. The fourth-order valence-electron chi connectivity index (χ4n) is 0. The summed E-state index contributed by atoms with van der Waals surface area (Å²) in [6, 6.07) is 0. The maximum absolute atomic E-state index is 8.00. The first-order valence-electron chi connectivity index (χ1n) is 0.289. The van der Waals surface area contributed by atoms with E-state index in [1.54, 1.807) is 0 Å². The van der Waals surface area contributed by atoms with E-state index < -0.39 is 0 Å². The normalized spacial score (nSPS) is 0.571. The van der Waals surface area contributed by atoms with Crippen LogP contribution in [-0.4, -0.2) is 41.5 Å². The Balaban J connectivity index is -0.000000000500. The number of hydrogen-bond donors (Lipinski definition) is 0. The summed E-state index contributed by atoms with van der Waals surface area (Å²) in [6.07, 6.45) is 0. The fraction of sp³-hybridized carbons (Fsp3) is 0. The Labute approximate surface area is 63.1 Å². The SMILES string of the molecule is C=O.[Al+3].[Al+3].[O-2].[O-2].[O-2]. The average Bonchev–Trinajstić information content (AvgIpc) is 1.00. The van der Waals surface area contributed by atoms with Gasteiger partial charge < -0.3 is 21.2 Å². The maximum Gasteiger partial charge on any atom is 3.00 e. The summed E-state index contributed by atoms with van der Waals surface area (Å²) < 4.78 is 0. The van der Waals surface area contributed by atoms with Gasteiger partial charge in [-0.05, 0) is 0 Å². The van der Waals surface area contributed by atoms with Gasteiger partial charge in [-0.2, -0.15) is 0 Å². The third-order valence-corrected chi connectivity index (χ3v) is 0. The van der Waals surface area contributed by atoms with Gasteiger partial charge in [0.1, 0.15) is 6.79 Å². The molecule has 0 fully saturated rings. The minimum atomic E-state index is 0. The van der Waals surface area contributed by atoms with Crippen molar-refractivity contribution in [2.45, 2.75) is 0 Å². The van der Waals surface area contributed by atoms with E-state index in [2.05, 4.69) is 0 Å². The van der Waals surface area contributed by atoms with Gasteiger partial charge in [-0.3, -0.25) is 0 Å². The zero-order valence-corrected chi connectivity index (χ0v) is 5.80. The summed E-state index contributed by atoms with van der Waals surface area (Å²) >= 11 is 0. The van der Waals surface area contributed by atoms with Crippen molar-refractivity contribution in [2.24, 2.45) is 0 Å². The molecule has 7 heavy (non-hydrogen) atoms. The van der Waals surface area contributed by atoms with Crippen LogP contribution in [-0.2, 0) is 21.2 Å². The monoisotopic (exact) mass is 132 g/mol. The van der Waals surface area contributed by atoms with Crippen molar-refractivity contribution in [1.82, 2.24) is 0 Å². The molecular formula is CH2Al2O4. The number of carbonyl (C=O) groups excluding carboxylic acids is 1. The Morgan fingerprint density at radius 2 is 0.714 bits per heavy atom.